The van der Waals surface area contributed by atoms with Crippen molar-refractivity contribution in [3.8, 4) is 0 Å². The van der Waals surface area contributed by atoms with Crippen LogP contribution in [0.15, 0.2) is 0 Å². The SMILES string of the molecule is O=S(=O)(O)OC(O)C(O)(O)OS(=O)(=O)O. The van der Waals surface area contributed by atoms with Gasteiger partial charge in [-0.1, -0.05) is 0 Å². The predicted octanol–water partition coefficient (Wildman–Crippen LogP) is -3.42. The van der Waals surface area contributed by atoms with E-state index in [4.69, 9.17) is 24.4 Å². The van der Waals surface area contributed by atoms with Crippen LogP contribution in [0.25, 0.3) is 0 Å². The van der Waals surface area contributed by atoms with Crippen LogP contribution >= 0.6 is 0 Å². The van der Waals surface area contributed by atoms with Gasteiger partial charge in [0.2, 0.25) is 0 Å². The van der Waals surface area contributed by atoms with E-state index in [1.54, 1.807) is 0 Å². The van der Waals surface area contributed by atoms with Crippen molar-refractivity contribution in [2.45, 2.75) is 12.3 Å². The second-order valence-electron chi connectivity index (χ2n) is 2.05. The lowest BCUT2D eigenvalue weighted by atomic mass is 10.5. The molecule has 0 fully saturated rings. The highest BCUT2D eigenvalue weighted by molar-refractivity contribution is 7.81. The Morgan fingerprint density at radius 2 is 1.40 bits per heavy atom. The molecule has 0 saturated heterocycles. The summed E-state index contributed by atoms with van der Waals surface area (Å²) in [6.07, 6.45) is -3.20. The summed E-state index contributed by atoms with van der Waals surface area (Å²) in [7, 11) is -10.7. The molecule has 0 radical (unpaired) electrons. The van der Waals surface area contributed by atoms with E-state index in [2.05, 4.69) is 8.37 Å². The van der Waals surface area contributed by atoms with E-state index in [1.807, 2.05) is 0 Å². The maximum Gasteiger partial charge on any atom is 0.402 e. The molecule has 0 rings (SSSR count). The van der Waals surface area contributed by atoms with Gasteiger partial charge >= 0.3 is 26.8 Å². The van der Waals surface area contributed by atoms with Crippen molar-refractivity contribution in [3.05, 3.63) is 0 Å². The monoisotopic (exact) mass is 270 g/mol. The van der Waals surface area contributed by atoms with Gasteiger partial charge in [0, 0.05) is 0 Å². The maximum absolute atomic E-state index is 9.95. The molecule has 1 unspecified atom stereocenters. The Labute approximate surface area is 83.4 Å². The molecule has 0 aromatic carbocycles. The average molecular weight is 270 g/mol. The summed E-state index contributed by atoms with van der Waals surface area (Å²) in [5.41, 5.74) is 0. The first kappa shape index (κ1) is 14.6. The number of hydrogen-bond donors (Lipinski definition) is 5. The van der Waals surface area contributed by atoms with Crippen LogP contribution in [-0.2, 0) is 29.2 Å². The van der Waals surface area contributed by atoms with E-state index in [1.165, 1.54) is 0 Å². The second-order valence-corrected chi connectivity index (χ2v) is 4.12. The Morgan fingerprint density at radius 3 is 1.67 bits per heavy atom. The molecular weight excluding hydrogens is 264 g/mol. The van der Waals surface area contributed by atoms with E-state index >= 15 is 0 Å². The zero-order valence-electron chi connectivity index (χ0n) is 6.58. The fourth-order valence-electron chi connectivity index (χ4n) is 0.374. The Bertz CT molecular complexity index is 400. The van der Waals surface area contributed by atoms with Crippen LogP contribution in [0.4, 0.5) is 0 Å². The summed E-state index contributed by atoms with van der Waals surface area (Å²) in [5.74, 6) is -4.09. The first-order valence-electron chi connectivity index (χ1n) is 2.80. The van der Waals surface area contributed by atoms with Crippen molar-refractivity contribution < 1.29 is 49.6 Å². The van der Waals surface area contributed by atoms with Gasteiger partial charge in [-0.15, -0.1) is 0 Å². The Balaban J connectivity index is 4.74. The van der Waals surface area contributed by atoms with Crippen LogP contribution < -0.4 is 0 Å². The minimum Gasteiger partial charge on any atom is -0.361 e. The highest BCUT2D eigenvalue weighted by Gasteiger charge is 2.43. The van der Waals surface area contributed by atoms with Gasteiger partial charge in [0.25, 0.3) is 6.29 Å². The lowest BCUT2D eigenvalue weighted by Crippen LogP contribution is -2.48. The normalized spacial score (nSPS) is 16.3. The molecule has 92 valence electrons. The molecule has 0 aliphatic heterocycles. The lowest BCUT2D eigenvalue weighted by molar-refractivity contribution is -0.374. The zero-order chi connectivity index (χ0) is 12.5. The number of hydrogen-bond acceptors (Lipinski definition) is 9. The van der Waals surface area contributed by atoms with E-state index < -0.39 is 33.1 Å². The summed E-state index contributed by atoms with van der Waals surface area (Å²) >= 11 is 0. The van der Waals surface area contributed by atoms with Gasteiger partial charge in [-0.25, -0.2) is 4.18 Å². The van der Waals surface area contributed by atoms with Gasteiger partial charge < -0.3 is 15.3 Å². The first-order chi connectivity index (χ1) is 6.33. The predicted molar refractivity (Wildman–Crippen MR) is 38.4 cm³/mol. The van der Waals surface area contributed by atoms with Gasteiger partial charge in [-0.05, 0) is 0 Å². The average Bonchev–Trinajstić information content (AvgIpc) is 1.75. The Kier molecular flexibility index (Phi) is 4.13. The van der Waals surface area contributed by atoms with Crippen molar-refractivity contribution in [1.82, 2.24) is 0 Å². The molecule has 13 heteroatoms. The van der Waals surface area contributed by atoms with Gasteiger partial charge in [-0.3, -0.25) is 9.11 Å². The Hall–Kier alpha value is -0.380. The fourth-order valence-corrected chi connectivity index (χ4v) is 1.12. The second kappa shape index (κ2) is 4.24. The van der Waals surface area contributed by atoms with Gasteiger partial charge in [0.05, 0.1) is 0 Å². The third-order valence-corrected chi connectivity index (χ3v) is 1.64. The summed E-state index contributed by atoms with van der Waals surface area (Å²) in [6, 6.07) is 0. The molecule has 11 nitrogen and oxygen atoms in total. The number of aliphatic hydroxyl groups excluding tert-OH is 1. The molecule has 15 heavy (non-hydrogen) atoms. The molecule has 0 aromatic heterocycles. The summed E-state index contributed by atoms with van der Waals surface area (Å²) in [6.45, 7) is 0. The van der Waals surface area contributed by atoms with Crippen LogP contribution in [0.5, 0.6) is 0 Å². The van der Waals surface area contributed by atoms with Crippen molar-refractivity contribution in [2.75, 3.05) is 0 Å². The zero-order valence-corrected chi connectivity index (χ0v) is 8.21. The smallest absolute Gasteiger partial charge is 0.361 e. The van der Waals surface area contributed by atoms with Crippen molar-refractivity contribution >= 4 is 20.8 Å². The molecule has 0 aromatic rings. The Morgan fingerprint density at radius 1 is 1.00 bits per heavy atom. The van der Waals surface area contributed by atoms with Crippen molar-refractivity contribution in [2.24, 2.45) is 0 Å². The van der Waals surface area contributed by atoms with Crippen LogP contribution in [0, 0.1) is 0 Å². The van der Waals surface area contributed by atoms with Gasteiger partial charge in [-0.2, -0.15) is 21.0 Å². The molecule has 0 bridgehead atoms. The third kappa shape index (κ3) is 6.66. The van der Waals surface area contributed by atoms with E-state index in [0.29, 0.717) is 0 Å². The molecule has 0 aliphatic carbocycles. The van der Waals surface area contributed by atoms with E-state index in [-0.39, 0.29) is 0 Å². The van der Waals surface area contributed by atoms with E-state index in [0.717, 1.165) is 0 Å². The van der Waals surface area contributed by atoms with E-state index in [9.17, 15) is 16.8 Å². The largest absolute Gasteiger partial charge is 0.402 e. The minimum absolute atomic E-state index is 3.02. The van der Waals surface area contributed by atoms with Crippen LogP contribution in [0.2, 0.25) is 0 Å². The molecule has 5 N–H and O–H groups in total. The number of aliphatic hydroxyl groups is 3. The van der Waals surface area contributed by atoms with Crippen LogP contribution in [0.3, 0.4) is 0 Å². The highest BCUT2D eigenvalue weighted by atomic mass is 32.3. The molecule has 0 saturated carbocycles. The minimum atomic E-state index is -5.40. The quantitative estimate of drug-likeness (QED) is 0.247. The fraction of sp³-hybridized carbons (Fsp3) is 1.00. The number of rotatable bonds is 5. The first-order valence-corrected chi connectivity index (χ1v) is 5.53. The molecule has 0 heterocycles. The van der Waals surface area contributed by atoms with Crippen molar-refractivity contribution in [3.63, 3.8) is 0 Å². The van der Waals surface area contributed by atoms with Crippen molar-refractivity contribution in [1.29, 1.82) is 0 Å². The molecule has 1 atom stereocenters. The highest BCUT2D eigenvalue weighted by Crippen LogP contribution is 2.14. The maximum atomic E-state index is 9.95. The van der Waals surface area contributed by atoms with Gasteiger partial charge in [0.1, 0.15) is 0 Å². The molecule has 0 amide bonds. The molecule has 0 spiro atoms. The van der Waals surface area contributed by atoms with Gasteiger partial charge in [0.15, 0.2) is 0 Å². The summed E-state index contributed by atoms with van der Waals surface area (Å²) < 4.78 is 61.8. The standard InChI is InChI=1S/C2H6O11S2/c3-1(12-14(6,7)8)2(4,5)13-15(9,10)11/h1,3-5H,(H,6,7,8)(H,9,10,11). The topological polar surface area (TPSA) is 188 Å². The van der Waals surface area contributed by atoms with Crippen LogP contribution in [-0.4, -0.2) is 53.5 Å². The summed E-state index contributed by atoms with van der Waals surface area (Å²) in [4.78, 5) is 0. The summed E-state index contributed by atoms with van der Waals surface area (Å²) in [5, 5.41) is 25.6. The lowest BCUT2D eigenvalue weighted by Gasteiger charge is -2.22. The molecular formula is C2H6O11S2. The third-order valence-electron chi connectivity index (χ3n) is 0.762. The molecule has 0 aliphatic rings. The van der Waals surface area contributed by atoms with Crippen LogP contribution in [0.1, 0.15) is 0 Å².